The van der Waals surface area contributed by atoms with Crippen LogP contribution in [0.3, 0.4) is 0 Å². The molecule has 0 aliphatic heterocycles. The van der Waals surface area contributed by atoms with Crippen molar-refractivity contribution in [2.24, 2.45) is 16.2 Å². The summed E-state index contributed by atoms with van der Waals surface area (Å²) < 4.78 is 6.07. The number of hydrogen-bond donors (Lipinski definition) is 0. The van der Waals surface area contributed by atoms with Gasteiger partial charge in [-0.3, -0.25) is 4.79 Å². The van der Waals surface area contributed by atoms with Crippen molar-refractivity contribution in [2.75, 3.05) is 12.4 Å². The minimum absolute atomic E-state index is 0.0921. The van der Waals surface area contributed by atoms with Crippen molar-refractivity contribution in [3.63, 3.8) is 0 Å². The molecule has 0 saturated carbocycles. The third-order valence-electron chi connectivity index (χ3n) is 5.54. The van der Waals surface area contributed by atoms with Crippen molar-refractivity contribution in [3.05, 3.63) is 54.6 Å². The molecule has 2 rings (SSSR count). The topological polar surface area (TPSA) is 26.3 Å². The van der Waals surface area contributed by atoms with Gasteiger partial charge in [-0.2, -0.15) is 0 Å². The standard InChI is InChI=1S/C26H36O2S/c1-24(2,3)19-26(7,25(4,5)6)23(27)29-18-17-28-22-16-12-11-15-21(22)20-13-9-8-10-14-20/h8-16H,17-19H2,1-7H3. The summed E-state index contributed by atoms with van der Waals surface area (Å²) in [5.41, 5.74) is 1.85. The van der Waals surface area contributed by atoms with Gasteiger partial charge in [0, 0.05) is 16.7 Å². The Morgan fingerprint density at radius 1 is 0.862 bits per heavy atom. The predicted molar refractivity (Wildman–Crippen MR) is 126 cm³/mol. The first-order chi connectivity index (χ1) is 13.4. The second-order valence-electron chi connectivity index (χ2n) is 10.2. The summed E-state index contributed by atoms with van der Waals surface area (Å²) in [6, 6.07) is 18.3. The van der Waals surface area contributed by atoms with Gasteiger partial charge in [-0.15, -0.1) is 0 Å². The Kier molecular flexibility index (Phi) is 7.62. The van der Waals surface area contributed by atoms with Gasteiger partial charge in [-0.25, -0.2) is 0 Å². The lowest BCUT2D eigenvalue weighted by molar-refractivity contribution is -0.126. The molecular formula is C26H36O2S. The average Bonchev–Trinajstić information content (AvgIpc) is 2.63. The molecule has 0 radical (unpaired) electrons. The second-order valence-corrected chi connectivity index (χ2v) is 11.2. The van der Waals surface area contributed by atoms with E-state index in [1.807, 2.05) is 36.4 Å². The van der Waals surface area contributed by atoms with Gasteiger partial charge in [-0.05, 0) is 28.9 Å². The molecular weight excluding hydrogens is 376 g/mol. The van der Waals surface area contributed by atoms with Crippen LogP contribution in [0, 0.1) is 16.2 Å². The SMILES string of the molecule is CC(C)(C)CC(C)(C(=O)SCCOc1ccccc1-c1ccccc1)C(C)(C)C. The highest BCUT2D eigenvalue weighted by Crippen LogP contribution is 2.49. The zero-order valence-corrected chi connectivity index (χ0v) is 19.9. The zero-order valence-electron chi connectivity index (χ0n) is 19.0. The number of benzene rings is 2. The smallest absolute Gasteiger partial charge is 0.195 e. The second kappa shape index (κ2) is 9.38. The van der Waals surface area contributed by atoms with E-state index >= 15 is 0 Å². The van der Waals surface area contributed by atoms with E-state index in [9.17, 15) is 4.79 Å². The fraction of sp³-hybridized carbons (Fsp3) is 0.500. The van der Waals surface area contributed by atoms with E-state index in [-0.39, 0.29) is 21.4 Å². The Labute approximate surface area is 181 Å². The van der Waals surface area contributed by atoms with Crippen molar-refractivity contribution in [1.82, 2.24) is 0 Å². The van der Waals surface area contributed by atoms with Crippen molar-refractivity contribution in [2.45, 2.75) is 54.9 Å². The molecule has 0 bridgehead atoms. The number of carbonyl (C=O) groups is 1. The van der Waals surface area contributed by atoms with Crippen LogP contribution >= 0.6 is 11.8 Å². The minimum Gasteiger partial charge on any atom is -0.492 e. The Morgan fingerprint density at radius 3 is 2.03 bits per heavy atom. The van der Waals surface area contributed by atoms with Gasteiger partial charge in [0.1, 0.15) is 5.75 Å². The Balaban J connectivity index is 2.01. The number of para-hydroxylation sites is 1. The van der Waals surface area contributed by atoms with E-state index < -0.39 is 0 Å². The molecule has 0 saturated heterocycles. The molecule has 0 N–H and O–H groups in total. The molecule has 2 aromatic rings. The third kappa shape index (κ3) is 6.37. The van der Waals surface area contributed by atoms with Crippen LogP contribution in [-0.2, 0) is 4.79 Å². The first-order valence-corrected chi connectivity index (χ1v) is 11.4. The number of ether oxygens (including phenoxy) is 1. The Bertz CT molecular complexity index is 799. The van der Waals surface area contributed by atoms with Gasteiger partial charge in [0.15, 0.2) is 5.12 Å². The van der Waals surface area contributed by atoms with Crippen molar-refractivity contribution in [1.29, 1.82) is 0 Å². The van der Waals surface area contributed by atoms with Gasteiger partial charge in [0.05, 0.1) is 6.61 Å². The third-order valence-corrected chi connectivity index (χ3v) is 6.62. The van der Waals surface area contributed by atoms with Gasteiger partial charge < -0.3 is 4.74 Å². The van der Waals surface area contributed by atoms with Crippen LogP contribution in [0.25, 0.3) is 11.1 Å². The van der Waals surface area contributed by atoms with Crippen molar-refractivity contribution in [3.8, 4) is 16.9 Å². The molecule has 0 amide bonds. The molecule has 2 nitrogen and oxygen atoms in total. The van der Waals surface area contributed by atoms with E-state index in [2.05, 4.69) is 66.7 Å². The highest BCUT2D eigenvalue weighted by Gasteiger charge is 2.46. The summed E-state index contributed by atoms with van der Waals surface area (Å²) >= 11 is 1.41. The maximum Gasteiger partial charge on any atom is 0.195 e. The molecule has 0 heterocycles. The van der Waals surface area contributed by atoms with Crippen LogP contribution < -0.4 is 4.74 Å². The molecule has 29 heavy (non-hydrogen) atoms. The van der Waals surface area contributed by atoms with E-state index in [0.29, 0.717) is 12.4 Å². The Hall–Kier alpha value is -1.74. The number of thioether (sulfide) groups is 1. The molecule has 3 heteroatoms. The highest BCUT2D eigenvalue weighted by molar-refractivity contribution is 8.13. The van der Waals surface area contributed by atoms with Crippen LogP contribution in [0.5, 0.6) is 5.75 Å². The summed E-state index contributed by atoms with van der Waals surface area (Å²) in [5.74, 6) is 1.51. The van der Waals surface area contributed by atoms with Crippen LogP contribution in [0.4, 0.5) is 0 Å². The lowest BCUT2D eigenvalue weighted by Crippen LogP contribution is -2.42. The van der Waals surface area contributed by atoms with Gasteiger partial charge in [0.25, 0.3) is 0 Å². The normalized spacial score (nSPS) is 14.3. The predicted octanol–water partition coefficient (Wildman–Crippen LogP) is 7.48. The number of hydrogen-bond acceptors (Lipinski definition) is 3. The summed E-state index contributed by atoms with van der Waals surface area (Å²) in [7, 11) is 0. The first-order valence-electron chi connectivity index (χ1n) is 10.4. The maximum absolute atomic E-state index is 13.2. The largest absolute Gasteiger partial charge is 0.492 e. The van der Waals surface area contributed by atoms with E-state index in [1.165, 1.54) is 11.8 Å². The molecule has 0 aromatic heterocycles. The number of rotatable bonds is 7. The monoisotopic (exact) mass is 412 g/mol. The van der Waals surface area contributed by atoms with Crippen LogP contribution in [0.1, 0.15) is 54.9 Å². The molecule has 0 fully saturated rings. The summed E-state index contributed by atoms with van der Waals surface area (Å²) in [5, 5.41) is 0.264. The summed E-state index contributed by atoms with van der Waals surface area (Å²) in [4.78, 5) is 13.2. The average molecular weight is 413 g/mol. The first kappa shape index (κ1) is 23.5. The maximum atomic E-state index is 13.2. The summed E-state index contributed by atoms with van der Waals surface area (Å²) in [6.07, 6.45) is 0.868. The molecule has 0 spiro atoms. The number of carbonyl (C=O) groups excluding carboxylic acids is 1. The lowest BCUT2D eigenvalue weighted by atomic mass is 9.62. The molecule has 2 aromatic carbocycles. The quantitative estimate of drug-likeness (QED) is 0.441. The van der Waals surface area contributed by atoms with Gasteiger partial charge in [0.2, 0.25) is 0 Å². The fourth-order valence-electron chi connectivity index (χ4n) is 3.60. The van der Waals surface area contributed by atoms with E-state index in [1.54, 1.807) is 0 Å². The van der Waals surface area contributed by atoms with E-state index in [4.69, 9.17) is 4.74 Å². The molecule has 1 unspecified atom stereocenters. The van der Waals surface area contributed by atoms with E-state index in [0.717, 1.165) is 23.3 Å². The minimum atomic E-state index is -0.377. The lowest BCUT2D eigenvalue weighted by Gasteiger charge is -2.44. The van der Waals surface area contributed by atoms with Crippen molar-refractivity contribution < 1.29 is 9.53 Å². The molecule has 158 valence electrons. The summed E-state index contributed by atoms with van der Waals surface area (Å²) in [6.45, 7) is 15.8. The van der Waals surface area contributed by atoms with Crippen LogP contribution in [-0.4, -0.2) is 17.5 Å². The van der Waals surface area contributed by atoms with Gasteiger partial charge >= 0.3 is 0 Å². The van der Waals surface area contributed by atoms with Crippen molar-refractivity contribution >= 4 is 16.9 Å². The Morgan fingerprint density at radius 2 is 1.45 bits per heavy atom. The van der Waals surface area contributed by atoms with Crippen LogP contribution in [0.15, 0.2) is 54.6 Å². The van der Waals surface area contributed by atoms with Crippen LogP contribution in [0.2, 0.25) is 0 Å². The molecule has 1 atom stereocenters. The van der Waals surface area contributed by atoms with Gasteiger partial charge in [-0.1, -0.05) is 109 Å². The highest BCUT2D eigenvalue weighted by atomic mass is 32.2. The molecule has 0 aliphatic carbocycles. The fourth-order valence-corrected chi connectivity index (χ4v) is 4.65. The zero-order chi connectivity index (χ0) is 21.7. The molecule has 0 aliphatic rings.